The van der Waals surface area contributed by atoms with Gasteiger partial charge in [0.25, 0.3) is 0 Å². The largest absolute Gasteiger partial charge is 0.334 e. The maximum absolute atomic E-state index is 11.8. The minimum atomic E-state index is 0.0562. The van der Waals surface area contributed by atoms with Crippen LogP contribution in [-0.4, -0.2) is 10.8 Å². The van der Waals surface area contributed by atoms with Gasteiger partial charge in [0.15, 0.2) is 0 Å². The molecular weight excluding hydrogens is 212 g/mol. The molecule has 1 aliphatic rings. The standard InChI is InChI=1S/C14H20N2O/c1-3-4-14(17)16-8-12-6-5-11(10(2)15)7-13(12)9-16/h5-7,10H,3-4,8-9,15H2,1-2H3. The molecule has 1 atom stereocenters. The van der Waals surface area contributed by atoms with E-state index < -0.39 is 0 Å². The van der Waals surface area contributed by atoms with Gasteiger partial charge in [-0.25, -0.2) is 0 Å². The van der Waals surface area contributed by atoms with Gasteiger partial charge in [0.05, 0.1) is 0 Å². The lowest BCUT2D eigenvalue weighted by atomic mass is 10.0. The zero-order valence-corrected chi connectivity index (χ0v) is 10.6. The van der Waals surface area contributed by atoms with Crippen LogP contribution < -0.4 is 5.73 Å². The van der Waals surface area contributed by atoms with Crippen molar-refractivity contribution in [3.8, 4) is 0 Å². The van der Waals surface area contributed by atoms with Crippen molar-refractivity contribution >= 4 is 5.91 Å². The van der Waals surface area contributed by atoms with Gasteiger partial charge in [-0.3, -0.25) is 4.79 Å². The van der Waals surface area contributed by atoms with Crippen molar-refractivity contribution in [1.82, 2.24) is 4.90 Å². The average Bonchev–Trinajstić information content (AvgIpc) is 2.71. The minimum Gasteiger partial charge on any atom is -0.334 e. The number of amides is 1. The SMILES string of the molecule is CCCC(=O)N1Cc2ccc(C(C)N)cc2C1. The Morgan fingerprint density at radius 1 is 1.41 bits per heavy atom. The van der Waals surface area contributed by atoms with Crippen molar-refractivity contribution in [3.05, 3.63) is 34.9 Å². The number of carbonyl (C=O) groups excluding carboxylic acids is 1. The fraction of sp³-hybridized carbons (Fsp3) is 0.500. The summed E-state index contributed by atoms with van der Waals surface area (Å²) in [6.45, 7) is 5.52. The Bertz CT molecular complexity index is 426. The summed E-state index contributed by atoms with van der Waals surface area (Å²) >= 11 is 0. The smallest absolute Gasteiger partial charge is 0.223 e. The lowest BCUT2D eigenvalue weighted by molar-refractivity contribution is -0.131. The van der Waals surface area contributed by atoms with Gasteiger partial charge < -0.3 is 10.6 Å². The van der Waals surface area contributed by atoms with Crippen LogP contribution in [0.5, 0.6) is 0 Å². The molecule has 0 saturated heterocycles. The van der Waals surface area contributed by atoms with E-state index in [9.17, 15) is 4.79 Å². The van der Waals surface area contributed by atoms with Crippen LogP contribution in [-0.2, 0) is 17.9 Å². The van der Waals surface area contributed by atoms with E-state index in [0.717, 1.165) is 25.1 Å². The monoisotopic (exact) mass is 232 g/mol. The van der Waals surface area contributed by atoms with Crippen LogP contribution >= 0.6 is 0 Å². The second-order valence-corrected chi connectivity index (χ2v) is 4.82. The van der Waals surface area contributed by atoms with Gasteiger partial charge in [0.1, 0.15) is 0 Å². The number of carbonyl (C=O) groups is 1. The van der Waals surface area contributed by atoms with Crippen LogP contribution in [0.25, 0.3) is 0 Å². The summed E-state index contributed by atoms with van der Waals surface area (Å²) in [6, 6.07) is 6.37. The summed E-state index contributed by atoms with van der Waals surface area (Å²) in [5.41, 5.74) is 9.53. The third-order valence-electron chi connectivity index (χ3n) is 3.30. The molecule has 1 aromatic rings. The molecule has 0 radical (unpaired) electrons. The second kappa shape index (κ2) is 4.88. The van der Waals surface area contributed by atoms with Gasteiger partial charge in [-0.15, -0.1) is 0 Å². The first-order valence-corrected chi connectivity index (χ1v) is 6.27. The summed E-state index contributed by atoms with van der Waals surface area (Å²) in [5, 5.41) is 0. The van der Waals surface area contributed by atoms with Crippen molar-refractivity contribution in [2.75, 3.05) is 0 Å². The maximum atomic E-state index is 11.8. The van der Waals surface area contributed by atoms with Crippen molar-refractivity contribution in [3.63, 3.8) is 0 Å². The average molecular weight is 232 g/mol. The third-order valence-corrected chi connectivity index (χ3v) is 3.30. The fourth-order valence-corrected chi connectivity index (χ4v) is 2.25. The highest BCUT2D eigenvalue weighted by molar-refractivity contribution is 5.76. The molecule has 0 saturated carbocycles. The molecule has 17 heavy (non-hydrogen) atoms. The number of hydrogen-bond acceptors (Lipinski definition) is 2. The molecule has 0 fully saturated rings. The van der Waals surface area contributed by atoms with Crippen LogP contribution in [0.15, 0.2) is 18.2 Å². The van der Waals surface area contributed by atoms with Crippen LogP contribution in [0.2, 0.25) is 0 Å². The number of rotatable bonds is 3. The number of nitrogens with two attached hydrogens (primary N) is 1. The Morgan fingerprint density at radius 3 is 2.76 bits per heavy atom. The number of nitrogens with zero attached hydrogens (tertiary/aromatic N) is 1. The van der Waals surface area contributed by atoms with Crippen molar-refractivity contribution in [1.29, 1.82) is 0 Å². The lowest BCUT2D eigenvalue weighted by Gasteiger charge is -2.14. The second-order valence-electron chi connectivity index (χ2n) is 4.82. The molecular formula is C14H20N2O. The Morgan fingerprint density at radius 2 is 2.12 bits per heavy atom. The molecule has 3 heteroatoms. The number of benzene rings is 1. The van der Waals surface area contributed by atoms with Crippen LogP contribution in [0, 0.1) is 0 Å². The number of hydrogen-bond donors (Lipinski definition) is 1. The van der Waals surface area contributed by atoms with E-state index in [4.69, 9.17) is 5.73 Å². The molecule has 0 aromatic heterocycles. The van der Waals surface area contributed by atoms with Gasteiger partial charge in [0.2, 0.25) is 5.91 Å². The highest BCUT2D eigenvalue weighted by Gasteiger charge is 2.22. The van der Waals surface area contributed by atoms with E-state index in [0.29, 0.717) is 6.42 Å². The first kappa shape index (κ1) is 12.1. The molecule has 1 aromatic carbocycles. The normalized spacial score (nSPS) is 15.8. The fourth-order valence-electron chi connectivity index (χ4n) is 2.25. The van der Waals surface area contributed by atoms with Crippen LogP contribution in [0.1, 0.15) is 49.4 Å². The molecule has 2 rings (SSSR count). The highest BCUT2D eigenvalue weighted by atomic mass is 16.2. The summed E-state index contributed by atoms with van der Waals surface area (Å²) < 4.78 is 0. The van der Waals surface area contributed by atoms with Crippen molar-refractivity contribution < 1.29 is 4.79 Å². The van der Waals surface area contributed by atoms with Gasteiger partial charge in [-0.1, -0.05) is 25.1 Å². The molecule has 1 amide bonds. The Hall–Kier alpha value is -1.35. The summed E-state index contributed by atoms with van der Waals surface area (Å²) in [7, 11) is 0. The van der Waals surface area contributed by atoms with Gasteiger partial charge in [0, 0.05) is 25.6 Å². The van der Waals surface area contributed by atoms with Crippen LogP contribution in [0.3, 0.4) is 0 Å². The van der Waals surface area contributed by atoms with E-state index in [1.165, 1.54) is 11.1 Å². The molecule has 2 N–H and O–H groups in total. The molecule has 0 bridgehead atoms. The molecule has 3 nitrogen and oxygen atoms in total. The first-order chi connectivity index (χ1) is 8.11. The summed E-state index contributed by atoms with van der Waals surface area (Å²) in [4.78, 5) is 13.8. The lowest BCUT2D eigenvalue weighted by Crippen LogP contribution is -2.24. The van der Waals surface area contributed by atoms with Crippen molar-refractivity contribution in [2.24, 2.45) is 5.73 Å². The minimum absolute atomic E-state index is 0.0562. The summed E-state index contributed by atoms with van der Waals surface area (Å²) in [6.07, 6.45) is 1.56. The van der Waals surface area contributed by atoms with Crippen molar-refractivity contribution in [2.45, 2.75) is 45.8 Å². The molecule has 1 unspecified atom stereocenters. The molecule has 0 aliphatic carbocycles. The summed E-state index contributed by atoms with van der Waals surface area (Å²) in [5.74, 6) is 0.256. The molecule has 1 aliphatic heterocycles. The maximum Gasteiger partial charge on any atom is 0.223 e. The predicted octanol–water partition coefficient (Wildman–Crippen LogP) is 2.35. The van der Waals surface area contributed by atoms with E-state index in [-0.39, 0.29) is 11.9 Å². The Labute approximate surface area is 103 Å². The van der Waals surface area contributed by atoms with E-state index >= 15 is 0 Å². The number of fused-ring (bicyclic) bond motifs is 1. The van der Waals surface area contributed by atoms with E-state index in [1.54, 1.807) is 0 Å². The molecule has 0 spiro atoms. The topological polar surface area (TPSA) is 46.3 Å². The Kier molecular flexibility index (Phi) is 3.48. The quantitative estimate of drug-likeness (QED) is 0.869. The zero-order chi connectivity index (χ0) is 12.4. The molecule has 1 heterocycles. The van der Waals surface area contributed by atoms with E-state index in [1.807, 2.05) is 18.7 Å². The van der Waals surface area contributed by atoms with Gasteiger partial charge in [-0.2, -0.15) is 0 Å². The van der Waals surface area contributed by atoms with E-state index in [2.05, 4.69) is 18.2 Å². The zero-order valence-electron chi connectivity index (χ0n) is 10.6. The van der Waals surface area contributed by atoms with Gasteiger partial charge in [-0.05, 0) is 30.0 Å². The first-order valence-electron chi connectivity index (χ1n) is 6.27. The predicted molar refractivity (Wildman–Crippen MR) is 68.2 cm³/mol. The molecule has 92 valence electrons. The third kappa shape index (κ3) is 2.50. The highest BCUT2D eigenvalue weighted by Crippen LogP contribution is 2.26. The van der Waals surface area contributed by atoms with Crippen LogP contribution in [0.4, 0.5) is 0 Å². The van der Waals surface area contributed by atoms with Gasteiger partial charge >= 0.3 is 0 Å². The Balaban J connectivity index is 2.14.